The third-order valence-electron chi connectivity index (χ3n) is 2.12. The summed E-state index contributed by atoms with van der Waals surface area (Å²) in [5.74, 6) is -0.000181. The summed E-state index contributed by atoms with van der Waals surface area (Å²) < 4.78 is 4.80. The van der Waals surface area contributed by atoms with Crippen LogP contribution in [0.3, 0.4) is 0 Å². The van der Waals surface area contributed by atoms with Crippen LogP contribution < -0.4 is 5.32 Å². The zero-order valence-corrected chi connectivity index (χ0v) is 11.2. The number of thioether (sulfide) groups is 1. The van der Waals surface area contributed by atoms with Crippen molar-refractivity contribution < 1.29 is 19.4 Å². The molecule has 0 rings (SSSR count). The maximum absolute atomic E-state index is 11.4. The highest BCUT2D eigenvalue weighted by atomic mass is 32.2. The Morgan fingerprint density at radius 1 is 1.47 bits per heavy atom. The summed E-state index contributed by atoms with van der Waals surface area (Å²) in [5.41, 5.74) is 0. The molecular formula is C11H21NO4S. The monoisotopic (exact) mass is 263 g/mol. The zero-order valence-electron chi connectivity index (χ0n) is 10.4. The van der Waals surface area contributed by atoms with Gasteiger partial charge in [-0.2, -0.15) is 11.8 Å². The van der Waals surface area contributed by atoms with Crippen LogP contribution in [0.15, 0.2) is 0 Å². The predicted molar refractivity (Wildman–Crippen MR) is 68.3 cm³/mol. The molecule has 0 aliphatic rings. The molecule has 0 saturated carbocycles. The molecule has 17 heavy (non-hydrogen) atoms. The molecule has 0 spiro atoms. The van der Waals surface area contributed by atoms with Crippen LogP contribution in [0.5, 0.6) is 0 Å². The first-order valence-electron chi connectivity index (χ1n) is 5.70. The van der Waals surface area contributed by atoms with E-state index in [2.05, 4.69) is 12.2 Å². The van der Waals surface area contributed by atoms with E-state index in [-0.39, 0.29) is 12.3 Å². The van der Waals surface area contributed by atoms with Gasteiger partial charge in [0, 0.05) is 20.1 Å². The van der Waals surface area contributed by atoms with E-state index in [1.54, 1.807) is 0 Å². The fraction of sp³-hybridized carbons (Fsp3) is 0.818. The highest BCUT2D eigenvalue weighted by Crippen LogP contribution is 2.04. The van der Waals surface area contributed by atoms with E-state index in [9.17, 15) is 9.59 Å². The van der Waals surface area contributed by atoms with E-state index in [0.717, 1.165) is 18.6 Å². The molecule has 0 saturated heterocycles. The molecule has 0 heterocycles. The summed E-state index contributed by atoms with van der Waals surface area (Å²) in [6.07, 6.45) is 2.46. The number of methoxy groups -OCH3 is 1. The molecule has 0 aromatic heterocycles. The minimum atomic E-state index is -1.02. The largest absolute Gasteiger partial charge is 0.480 e. The van der Waals surface area contributed by atoms with E-state index in [1.165, 1.54) is 18.9 Å². The van der Waals surface area contributed by atoms with Gasteiger partial charge in [-0.05, 0) is 12.2 Å². The molecule has 1 unspecified atom stereocenters. The second kappa shape index (κ2) is 10.4. The van der Waals surface area contributed by atoms with Crippen LogP contribution in [-0.4, -0.2) is 48.2 Å². The molecule has 5 nitrogen and oxygen atoms in total. The smallest absolute Gasteiger partial charge is 0.326 e. The van der Waals surface area contributed by atoms with Crippen molar-refractivity contribution in [3.8, 4) is 0 Å². The molecule has 100 valence electrons. The number of carboxylic acid groups (broad SMARTS) is 1. The average molecular weight is 263 g/mol. The van der Waals surface area contributed by atoms with Crippen LogP contribution in [0.4, 0.5) is 0 Å². The molecule has 6 heteroatoms. The minimum absolute atomic E-state index is 0.227. The Kier molecular flexibility index (Phi) is 9.95. The number of rotatable bonds is 10. The summed E-state index contributed by atoms with van der Waals surface area (Å²) in [6, 6.07) is -0.853. The lowest BCUT2D eigenvalue weighted by atomic mass is 10.2. The van der Waals surface area contributed by atoms with Crippen LogP contribution >= 0.6 is 11.8 Å². The first-order valence-corrected chi connectivity index (χ1v) is 6.86. The van der Waals surface area contributed by atoms with Crippen molar-refractivity contribution in [2.45, 2.75) is 32.2 Å². The number of hydrogen-bond acceptors (Lipinski definition) is 4. The molecular weight excluding hydrogens is 242 g/mol. The van der Waals surface area contributed by atoms with E-state index < -0.39 is 12.0 Å². The van der Waals surface area contributed by atoms with Gasteiger partial charge in [-0.25, -0.2) is 4.79 Å². The predicted octanol–water partition coefficient (Wildman–Crippen LogP) is 1.13. The first-order chi connectivity index (χ1) is 8.11. The molecule has 1 atom stereocenters. The van der Waals surface area contributed by atoms with Crippen LogP contribution in [0.1, 0.15) is 26.2 Å². The summed E-state index contributed by atoms with van der Waals surface area (Å²) in [5, 5.41) is 11.4. The Hall–Kier alpha value is -0.750. The number of hydrogen-bond donors (Lipinski definition) is 2. The molecule has 0 radical (unpaired) electrons. The number of carbonyl (C=O) groups is 2. The van der Waals surface area contributed by atoms with Gasteiger partial charge in [-0.15, -0.1) is 0 Å². The highest BCUT2D eigenvalue weighted by Gasteiger charge is 2.19. The zero-order chi connectivity index (χ0) is 13.1. The fourth-order valence-corrected chi connectivity index (χ4v) is 2.05. The Morgan fingerprint density at radius 2 is 2.18 bits per heavy atom. The lowest BCUT2D eigenvalue weighted by molar-refractivity contribution is -0.142. The average Bonchev–Trinajstić information content (AvgIpc) is 2.29. The van der Waals surface area contributed by atoms with Gasteiger partial charge in [0.1, 0.15) is 6.04 Å². The number of nitrogens with one attached hydrogen (secondary N) is 1. The second-order valence-electron chi connectivity index (χ2n) is 3.65. The minimum Gasteiger partial charge on any atom is -0.480 e. The SMILES string of the molecule is CCCCSCC(=O)NC(CCOC)C(=O)O. The van der Waals surface area contributed by atoms with Crippen molar-refractivity contribution in [3.63, 3.8) is 0 Å². The number of carboxylic acids is 1. The number of ether oxygens (including phenoxy) is 1. The van der Waals surface area contributed by atoms with Gasteiger partial charge in [-0.3, -0.25) is 4.79 Å². The fourth-order valence-electron chi connectivity index (χ4n) is 1.14. The van der Waals surface area contributed by atoms with Crippen LogP contribution in [0.2, 0.25) is 0 Å². The summed E-state index contributed by atoms with van der Waals surface area (Å²) >= 11 is 1.53. The van der Waals surface area contributed by atoms with Crippen molar-refractivity contribution in [2.75, 3.05) is 25.2 Å². The Morgan fingerprint density at radius 3 is 2.71 bits per heavy atom. The maximum Gasteiger partial charge on any atom is 0.326 e. The third-order valence-corrected chi connectivity index (χ3v) is 3.16. The molecule has 0 aliphatic heterocycles. The van der Waals surface area contributed by atoms with Crippen molar-refractivity contribution in [3.05, 3.63) is 0 Å². The summed E-state index contributed by atoms with van der Waals surface area (Å²) in [4.78, 5) is 22.3. The molecule has 0 aliphatic carbocycles. The maximum atomic E-state index is 11.4. The molecule has 1 amide bonds. The summed E-state index contributed by atoms with van der Waals surface area (Å²) in [7, 11) is 1.50. The van der Waals surface area contributed by atoms with Crippen molar-refractivity contribution in [2.24, 2.45) is 0 Å². The van der Waals surface area contributed by atoms with Gasteiger partial charge in [0.15, 0.2) is 0 Å². The van der Waals surface area contributed by atoms with Gasteiger partial charge in [0.25, 0.3) is 0 Å². The molecule has 0 aromatic carbocycles. The van der Waals surface area contributed by atoms with Crippen LogP contribution in [0.25, 0.3) is 0 Å². The molecule has 0 aromatic rings. The van der Waals surface area contributed by atoms with Gasteiger partial charge in [-0.1, -0.05) is 13.3 Å². The van der Waals surface area contributed by atoms with Gasteiger partial charge < -0.3 is 15.2 Å². The van der Waals surface area contributed by atoms with Crippen molar-refractivity contribution >= 4 is 23.6 Å². The van der Waals surface area contributed by atoms with E-state index in [0.29, 0.717) is 12.4 Å². The number of unbranched alkanes of at least 4 members (excludes halogenated alkanes) is 1. The third kappa shape index (κ3) is 9.00. The van der Waals surface area contributed by atoms with Crippen molar-refractivity contribution in [1.29, 1.82) is 0 Å². The quantitative estimate of drug-likeness (QED) is 0.578. The van der Waals surface area contributed by atoms with Crippen LogP contribution in [0, 0.1) is 0 Å². The highest BCUT2D eigenvalue weighted by molar-refractivity contribution is 7.99. The number of amides is 1. The number of aliphatic carboxylic acids is 1. The normalized spacial score (nSPS) is 12.1. The second-order valence-corrected chi connectivity index (χ2v) is 4.75. The molecule has 2 N–H and O–H groups in total. The van der Waals surface area contributed by atoms with E-state index >= 15 is 0 Å². The standard InChI is InChI=1S/C11H21NO4S/c1-3-4-7-17-8-10(13)12-9(11(14)15)5-6-16-2/h9H,3-8H2,1-2H3,(H,12,13)(H,14,15). The molecule has 0 bridgehead atoms. The van der Waals surface area contributed by atoms with Gasteiger partial charge in [0.05, 0.1) is 5.75 Å². The van der Waals surface area contributed by atoms with Crippen molar-refractivity contribution in [1.82, 2.24) is 5.32 Å². The lowest BCUT2D eigenvalue weighted by Gasteiger charge is -2.13. The Balaban J connectivity index is 3.83. The molecule has 0 fully saturated rings. The topological polar surface area (TPSA) is 75.6 Å². The van der Waals surface area contributed by atoms with Crippen LogP contribution in [-0.2, 0) is 14.3 Å². The summed E-state index contributed by atoms with van der Waals surface area (Å²) in [6.45, 7) is 2.41. The number of carbonyl (C=O) groups excluding carboxylic acids is 1. The van der Waals surface area contributed by atoms with Gasteiger partial charge in [0.2, 0.25) is 5.91 Å². The Labute approximate surface area is 106 Å². The first kappa shape index (κ1) is 16.2. The van der Waals surface area contributed by atoms with Gasteiger partial charge >= 0.3 is 5.97 Å². The Bertz CT molecular complexity index is 236. The van der Waals surface area contributed by atoms with E-state index in [4.69, 9.17) is 9.84 Å². The lowest BCUT2D eigenvalue weighted by Crippen LogP contribution is -2.42. The van der Waals surface area contributed by atoms with E-state index in [1.807, 2.05) is 0 Å².